The standard InChI is InChI=1S/C33H45N7O3/c1-38-19-8-13-28(38)14-15-30(34)33(43)40(22-21-39-20-18-36-25-39)24-32(42)37-31(41)23-35-17-16-29(26-9-4-2-5-10-26)27-11-6-3-7-12-27/h2-7,9-12,18,20,25,28-30,35H,8,13-17,19,21-24,34H2,1H3,(H,37,41,42)/t28-,30-/m0/s1. The van der Waals surface area contributed by atoms with E-state index in [9.17, 15) is 14.4 Å². The Morgan fingerprint density at radius 3 is 2.33 bits per heavy atom. The van der Waals surface area contributed by atoms with E-state index in [4.69, 9.17) is 5.73 Å². The summed E-state index contributed by atoms with van der Waals surface area (Å²) in [5.74, 6) is -1.06. The first-order chi connectivity index (χ1) is 20.9. The monoisotopic (exact) mass is 587 g/mol. The van der Waals surface area contributed by atoms with E-state index in [1.807, 2.05) is 41.0 Å². The topological polar surface area (TPSA) is 126 Å². The van der Waals surface area contributed by atoms with Gasteiger partial charge in [-0.1, -0.05) is 60.7 Å². The average molecular weight is 588 g/mol. The van der Waals surface area contributed by atoms with Crippen LogP contribution in [-0.4, -0.2) is 88.9 Å². The molecule has 0 unspecified atom stereocenters. The molecule has 1 fully saturated rings. The van der Waals surface area contributed by atoms with Crippen molar-refractivity contribution < 1.29 is 14.4 Å². The third-order valence-electron chi connectivity index (χ3n) is 8.21. The van der Waals surface area contributed by atoms with E-state index in [0.717, 1.165) is 32.2 Å². The van der Waals surface area contributed by atoms with Crippen molar-refractivity contribution in [3.63, 3.8) is 0 Å². The molecule has 0 bridgehead atoms. The fourth-order valence-electron chi connectivity index (χ4n) is 5.75. The van der Waals surface area contributed by atoms with Crippen LogP contribution in [-0.2, 0) is 20.9 Å². The Morgan fingerprint density at radius 2 is 1.72 bits per heavy atom. The number of likely N-dealkylation sites (tertiary alicyclic amines) is 1. The van der Waals surface area contributed by atoms with Gasteiger partial charge in [0, 0.05) is 37.4 Å². The van der Waals surface area contributed by atoms with E-state index >= 15 is 0 Å². The number of hydrogen-bond donors (Lipinski definition) is 3. The second-order valence-corrected chi connectivity index (χ2v) is 11.3. The summed E-state index contributed by atoms with van der Waals surface area (Å²) in [7, 11) is 2.10. The van der Waals surface area contributed by atoms with Crippen molar-refractivity contribution in [3.05, 3.63) is 90.5 Å². The highest BCUT2D eigenvalue weighted by atomic mass is 16.2. The Bertz CT molecular complexity index is 1230. The Labute approximate surface area is 254 Å². The summed E-state index contributed by atoms with van der Waals surface area (Å²) in [6.07, 6.45) is 9.57. The van der Waals surface area contributed by atoms with Crippen LogP contribution in [0.25, 0.3) is 0 Å². The highest BCUT2D eigenvalue weighted by Crippen LogP contribution is 2.27. The van der Waals surface area contributed by atoms with Crippen LogP contribution in [0.1, 0.15) is 49.1 Å². The van der Waals surface area contributed by atoms with Crippen LogP contribution in [0.2, 0.25) is 0 Å². The molecule has 10 nitrogen and oxygen atoms in total. The second kappa shape index (κ2) is 16.7. The Morgan fingerprint density at radius 1 is 1.02 bits per heavy atom. The quantitative estimate of drug-likeness (QED) is 0.220. The lowest BCUT2D eigenvalue weighted by Crippen LogP contribution is -2.50. The normalized spacial score (nSPS) is 15.8. The largest absolute Gasteiger partial charge is 0.336 e. The number of benzene rings is 2. The SMILES string of the molecule is CN1CCC[C@H]1CC[C@H](N)C(=O)N(CCn1ccnc1)CC(=O)NC(=O)CNCCC(c1ccccc1)c1ccccc1. The Balaban J connectivity index is 1.25. The highest BCUT2D eigenvalue weighted by molar-refractivity contribution is 5.98. The van der Waals surface area contributed by atoms with Crippen molar-refractivity contribution in [2.75, 3.05) is 39.8 Å². The molecule has 4 N–H and O–H groups in total. The first kappa shape index (κ1) is 32.1. The van der Waals surface area contributed by atoms with Crippen molar-refractivity contribution >= 4 is 17.7 Å². The van der Waals surface area contributed by atoms with Crippen LogP contribution < -0.4 is 16.4 Å². The number of imide groups is 1. The molecule has 43 heavy (non-hydrogen) atoms. The summed E-state index contributed by atoms with van der Waals surface area (Å²) in [5.41, 5.74) is 8.74. The van der Waals surface area contributed by atoms with Gasteiger partial charge in [0.2, 0.25) is 17.7 Å². The number of rotatable bonds is 16. The average Bonchev–Trinajstić information content (AvgIpc) is 3.70. The molecule has 0 saturated carbocycles. The summed E-state index contributed by atoms with van der Waals surface area (Å²) in [5, 5.41) is 5.60. The maximum Gasteiger partial charge on any atom is 0.246 e. The maximum absolute atomic E-state index is 13.3. The van der Waals surface area contributed by atoms with Crippen molar-refractivity contribution in [1.29, 1.82) is 0 Å². The van der Waals surface area contributed by atoms with E-state index in [1.165, 1.54) is 16.0 Å². The number of carbonyl (C=O) groups excluding carboxylic acids is 3. The van der Waals surface area contributed by atoms with Crippen LogP contribution in [0.4, 0.5) is 0 Å². The molecule has 10 heteroatoms. The molecule has 1 aliphatic rings. The van der Waals surface area contributed by atoms with Crippen molar-refractivity contribution in [3.8, 4) is 0 Å². The van der Waals surface area contributed by atoms with Crippen LogP contribution >= 0.6 is 0 Å². The second-order valence-electron chi connectivity index (χ2n) is 11.3. The summed E-state index contributed by atoms with van der Waals surface area (Å²) in [4.78, 5) is 46.6. The molecule has 3 aromatic rings. The van der Waals surface area contributed by atoms with Gasteiger partial charge in [0.1, 0.15) is 6.54 Å². The Hall–Kier alpha value is -3.86. The zero-order valence-corrected chi connectivity index (χ0v) is 25.1. The molecule has 0 radical (unpaired) electrons. The van der Waals surface area contributed by atoms with Crippen molar-refractivity contribution in [2.24, 2.45) is 5.73 Å². The fraction of sp³-hybridized carbons (Fsp3) is 0.455. The molecule has 2 heterocycles. The van der Waals surface area contributed by atoms with Gasteiger partial charge in [-0.2, -0.15) is 0 Å². The lowest BCUT2D eigenvalue weighted by Gasteiger charge is -2.27. The summed E-state index contributed by atoms with van der Waals surface area (Å²) < 4.78 is 1.84. The summed E-state index contributed by atoms with van der Waals surface area (Å²) in [6, 6.07) is 20.3. The number of aromatic nitrogens is 2. The van der Waals surface area contributed by atoms with Gasteiger partial charge in [0.15, 0.2) is 0 Å². The minimum Gasteiger partial charge on any atom is -0.336 e. The molecule has 3 amide bonds. The first-order valence-electron chi connectivity index (χ1n) is 15.2. The number of amides is 3. The fourth-order valence-corrected chi connectivity index (χ4v) is 5.75. The van der Waals surface area contributed by atoms with Crippen LogP contribution in [0, 0.1) is 0 Å². The van der Waals surface area contributed by atoms with E-state index in [1.54, 1.807) is 18.7 Å². The van der Waals surface area contributed by atoms with Crippen LogP contribution in [0.3, 0.4) is 0 Å². The van der Waals surface area contributed by atoms with Gasteiger partial charge in [0.25, 0.3) is 0 Å². The molecule has 4 rings (SSSR count). The van der Waals surface area contributed by atoms with E-state index < -0.39 is 17.9 Å². The van der Waals surface area contributed by atoms with E-state index in [0.29, 0.717) is 25.6 Å². The van der Waals surface area contributed by atoms with Gasteiger partial charge in [-0.25, -0.2) is 4.98 Å². The molecule has 0 spiro atoms. The zero-order chi connectivity index (χ0) is 30.4. The number of nitrogens with zero attached hydrogens (tertiary/aromatic N) is 4. The predicted molar refractivity (Wildman–Crippen MR) is 167 cm³/mol. The summed E-state index contributed by atoms with van der Waals surface area (Å²) >= 11 is 0. The molecule has 0 aliphatic carbocycles. The van der Waals surface area contributed by atoms with Gasteiger partial charge in [0.05, 0.1) is 18.9 Å². The highest BCUT2D eigenvalue weighted by Gasteiger charge is 2.27. The van der Waals surface area contributed by atoms with Crippen LogP contribution in [0.5, 0.6) is 0 Å². The van der Waals surface area contributed by atoms with E-state index in [2.05, 4.69) is 51.8 Å². The van der Waals surface area contributed by atoms with Crippen LogP contribution in [0.15, 0.2) is 79.4 Å². The molecular formula is C33H45N7O3. The molecule has 1 aromatic heterocycles. The Kier molecular flexibility index (Phi) is 12.4. The third kappa shape index (κ3) is 10.1. The molecule has 2 aromatic carbocycles. The van der Waals surface area contributed by atoms with Gasteiger partial charge < -0.3 is 25.4 Å². The first-order valence-corrected chi connectivity index (χ1v) is 15.2. The smallest absolute Gasteiger partial charge is 0.246 e. The molecule has 1 saturated heterocycles. The number of imidazole rings is 1. The molecule has 2 atom stereocenters. The number of carbonyl (C=O) groups is 3. The molecule has 230 valence electrons. The minimum atomic E-state index is -0.705. The predicted octanol–water partition coefficient (Wildman–Crippen LogP) is 2.37. The minimum absolute atomic E-state index is 0.000553. The van der Waals surface area contributed by atoms with E-state index in [-0.39, 0.29) is 31.5 Å². The molecular weight excluding hydrogens is 542 g/mol. The van der Waals surface area contributed by atoms with Crippen molar-refractivity contribution in [2.45, 2.75) is 56.7 Å². The van der Waals surface area contributed by atoms with Gasteiger partial charge in [-0.15, -0.1) is 0 Å². The van der Waals surface area contributed by atoms with Gasteiger partial charge >= 0.3 is 0 Å². The van der Waals surface area contributed by atoms with Crippen molar-refractivity contribution in [1.82, 2.24) is 30.0 Å². The molecule has 1 aliphatic heterocycles. The number of nitrogens with two attached hydrogens (primary N) is 1. The van der Waals surface area contributed by atoms with Gasteiger partial charge in [-0.05, 0) is 63.4 Å². The summed E-state index contributed by atoms with van der Waals surface area (Å²) in [6.45, 7) is 2.17. The third-order valence-corrected chi connectivity index (χ3v) is 8.21. The zero-order valence-electron chi connectivity index (χ0n) is 25.1. The van der Waals surface area contributed by atoms with Gasteiger partial charge in [-0.3, -0.25) is 19.7 Å². The number of hydrogen-bond acceptors (Lipinski definition) is 7. The maximum atomic E-state index is 13.3. The lowest BCUT2D eigenvalue weighted by molar-refractivity contribution is -0.139. The lowest BCUT2D eigenvalue weighted by atomic mass is 9.88. The number of nitrogens with one attached hydrogen (secondary N) is 2.